The van der Waals surface area contributed by atoms with Crippen molar-refractivity contribution >= 4 is 23.4 Å². The van der Waals surface area contributed by atoms with Gasteiger partial charge in [-0.3, -0.25) is 19.2 Å². The van der Waals surface area contributed by atoms with E-state index in [1.54, 1.807) is 0 Å². The molecule has 0 spiro atoms. The van der Waals surface area contributed by atoms with Crippen molar-refractivity contribution < 1.29 is 19.2 Å². The summed E-state index contributed by atoms with van der Waals surface area (Å²) in [5, 5.41) is 5.74. The van der Waals surface area contributed by atoms with Gasteiger partial charge in [-0.15, -0.1) is 0 Å². The van der Waals surface area contributed by atoms with Gasteiger partial charge in [-0.25, -0.2) is 0 Å². The van der Waals surface area contributed by atoms with Gasteiger partial charge in [0.15, 0.2) is 0 Å². The van der Waals surface area contributed by atoms with E-state index >= 15 is 0 Å². The van der Waals surface area contributed by atoms with Crippen molar-refractivity contribution in [2.45, 2.75) is 89.1 Å². The number of ketones is 2. The summed E-state index contributed by atoms with van der Waals surface area (Å²) in [5.74, 6) is -1.60. The molecule has 0 aromatic carbocycles. The van der Waals surface area contributed by atoms with Crippen LogP contribution in [0.1, 0.15) is 77.0 Å². The lowest BCUT2D eigenvalue weighted by Crippen LogP contribution is -2.47. The molecule has 3 aliphatic carbocycles. The van der Waals surface area contributed by atoms with E-state index in [0.29, 0.717) is 0 Å². The van der Waals surface area contributed by atoms with E-state index in [-0.39, 0.29) is 35.5 Å². The van der Waals surface area contributed by atoms with Crippen molar-refractivity contribution in [1.82, 2.24) is 10.6 Å². The van der Waals surface area contributed by atoms with E-state index in [1.807, 2.05) is 0 Å². The Morgan fingerprint density at radius 3 is 1.12 bits per heavy atom. The van der Waals surface area contributed by atoms with Gasteiger partial charge in [-0.05, 0) is 51.4 Å². The summed E-state index contributed by atoms with van der Waals surface area (Å²) in [5.41, 5.74) is 0. The van der Waals surface area contributed by atoms with Crippen LogP contribution in [0.3, 0.4) is 0 Å². The van der Waals surface area contributed by atoms with Gasteiger partial charge in [0, 0.05) is 23.9 Å². The zero-order valence-corrected chi connectivity index (χ0v) is 15.4. The molecule has 3 rings (SSSR count). The third-order valence-electron chi connectivity index (χ3n) is 6.30. The molecule has 0 bridgehead atoms. The maximum absolute atomic E-state index is 12.1. The Labute approximate surface area is 154 Å². The average molecular weight is 362 g/mol. The summed E-state index contributed by atoms with van der Waals surface area (Å²) >= 11 is 0. The normalized spacial score (nSPS) is 27.2. The number of hydrogen-bond acceptors (Lipinski definition) is 4. The molecule has 0 unspecified atom stereocenters. The van der Waals surface area contributed by atoms with Crippen molar-refractivity contribution in [1.29, 1.82) is 0 Å². The van der Waals surface area contributed by atoms with Crippen LogP contribution in [0.25, 0.3) is 0 Å². The van der Waals surface area contributed by atoms with Crippen LogP contribution in [-0.4, -0.2) is 35.5 Å². The molecule has 0 atom stereocenters. The maximum atomic E-state index is 12.1. The standard InChI is InChI=1S/C20H30N2O4/c23-17(13-5-1-2-6-13)19(25)21-15-9-11-16(12-10-15)22-20(26)18(24)14-7-3-4-8-14/h13-16H,1-12H2,(H,21,25)(H,22,26). The molecule has 2 amide bonds. The van der Waals surface area contributed by atoms with E-state index < -0.39 is 11.8 Å². The van der Waals surface area contributed by atoms with E-state index in [9.17, 15) is 19.2 Å². The largest absolute Gasteiger partial charge is 0.347 e. The molecule has 3 aliphatic rings. The number of rotatable bonds is 6. The zero-order valence-electron chi connectivity index (χ0n) is 15.4. The fourth-order valence-corrected chi connectivity index (χ4v) is 4.64. The van der Waals surface area contributed by atoms with Gasteiger partial charge in [0.25, 0.3) is 11.8 Å². The number of carbonyl (C=O) groups excluding carboxylic acids is 4. The summed E-state index contributed by atoms with van der Waals surface area (Å²) in [4.78, 5) is 48.5. The number of carbonyl (C=O) groups is 4. The topological polar surface area (TPSA) is 92.3 Å². The monoisotopic (exact) mass is 362 g/mol. The van der Waals surface area contributed by atoms with Gasteiger partial charge >= 0.3 is 0 Å². The highest BCUT2D eigenvalue weighted by molar-refractivity contribution is 6.37. The molecule has 0 radical (unpaired) electrons. The van der Waals surface area contributed by atoms with Crippen LogP contribution in [0.2, 0.25) is 0 Å². The fraction of sp³-hybridized carbons (Fsp3) is 0.800. The highest BCUT2D eigenvalue weighted by Gasteiger charge is 2.32. The van der Waals surface area contributed by atoms with Crippen LogP contribution in [0.5, 0.6) is 0 Å². The van der Waals surface area contributed by atoms with Crippen molar-refractivity contribution in [2.24, 2.45) is 11.8 Å². The molecule has 2 N–H and O–H groups in total. The number of Topliss-reactive ketones (excluding diaryl/α,β-unsaturated/α-hetero) is 2. The fourth-order valence-electron chi connectivity index (χ4n) is 4.64. The second-order valence-corrected chi connectivity index (χ2v) is 8.19. The molecular formula is C20H30N2O4. The zero-order chi connectivity index (χ0) is 18.5. The molecule has 26 heavy (non-hydrogen) atoms. The first-order chi connectivity index (χ1) is 12.5. The molecule has 3 saturated carbocycles. The molecule has 6 nitrogen and oxygen atoms in total. The molecule has 0 saturated heterocycles. The average Bonchev–Trinajstić information content (AvgIpc) is 3.35. The molecule has 3 fully saturated rings. The Morgan fingerprint density at radius 2 is 0.808 bits per heavy atom. The van der Waals surface area contributed by atoms with Crippen molar-refractivity contribution in [2.75, 3.05) is 0 Å². The van der Waals surface area contributed by atoms with Crippen LogP contribution in [0.15, 0.2) is 0 Å². The lowest BCUT2D eigenvalue weighted by atomic mass is 9.90. The number of hydrogen-bond donors (Lipinski definition) is 2. The van der Waals surface area contributed by atoms with Gasteiger partial charge < -0.3 is 10.6 Å². The van der Waals surface area contributed by atoms with Crippen LogP contribution in [0, 0.1) is 11.8 Å². The summed E-state index contributed by atoms with van der Waals surface area (Å²) < 4.78 is 0. The Hall–Kier alpha value is -1.72. The molecule has 6 heteroatoms. The molecule has 0 aromatic heterocycles. The molecule has 0 aliphatic heterocycles. The first-order valence-electron chi connectivity index (χ1n) is 10.2. The predicted molar refractivity (Wildman–Crippen MR) is 96.3 cm³/mol. The minimum absolute atomic E-state index is 0.00783. The van der Waals surface area contributed by atoms with Crippen LogP contribution in [-0.2, 0) is 19.2 Å². The third kappa shape index (κ3) is 4.71. The Morgan fingerprint density at radius 1 is 0.500 bits per heavy atom. The maximum Gasteiger partial charge on any atom is 0.287 e. The van der Waals surface area contributed by atoms with Crippen molar-refractivity contribution in [3.05, 3.63) is 0 Å². The Kier molecular flexibility index (Phi) is 6.43. The van der Waals surface area contributed by atoms with Crippen LogP contribution in [0.4, 0.5) is 0 Å². The Balaban J connectivity index is 1.38. The molecular weight excluding hydrogens is 332 g/mol. The van der Waals surface area contributed by atoms with E-state index in [0.717, 1.165) is 77.0 Å². The van der Waals surface area contributed by atoms with E-state index in [1.165, 1.54) is 0 Å². The van der Waals surface area contributed by atoms with Crippen molar-refractivity contribution in [3.8, 4) is 0 Å². The van der Waals surface area contributed by atoms with Crippen LogP contribution >= 0.6 is 0 Å². The van der Waals surface area contributed by atoms with E-state index in [4.69, 9.17) is 0 Å². The summed E-state index contributed by atoms with van der Waals surface area (Å²) in [7, 11) is 0. The van der Waals surface area contributed by atoms with Gasteiger partial charge in [-0.1, -0.05) is 25.7 Å². The van der Waals surface area contributed by atoms with Gasteiger partial charge in [-0.2, -0.15) is 0 Å². The lowest BCUT2D eigenvalue weighted by Gasteiger charge is -2.29. The number of amides is 2. The molecule has 0 heterocycles. The minimum Gasteiger partial charge on any atom is -0.347 e. The first-order valence-corrected chi connectivity index (χ1v) is 10.2. The van der Waals surface area contributed by atoms with E-state index in [2.05, 4.69) is 10.6 Å². The predicted octanol–water partition coefficient (Wildman–Crippen LogP) is 2.05. The lowest BCUT2D eigenvalue weighted by molar-refractivity contribution is -0.141. The Bertz CT molecular complexity index is 504. The minimum atomic E-state index is -0.444. The summed E-state index contributed by atoms with van der Waals surface area (Å²) in [6.07, 6.45) is 10.4. The summed E-state index contributed by atoms with van der Waals surface area (Å²) in [6.45, 7) is 0. The number of nitrogens with one attached hydrogen (secondary N) is 2. The second kappa shape index (κ2) is 8.78. The second-order valence-electron chi connectivity index (χ2n) is 8.19. The highest BCUT2D eigenvalue weighted by Crippen LogP contribution is 2.27. The quantitative estimate of drug-likeness (QED) is 0.707. The van der Waals surface area contributed by atoms with Crippen molar-refractivity contribution in [3.63, 3.8) is 0 Å². The van der Waals surface area contributed by atoms with Crippen LogP contribution < -0.4 is 10.6 Å². The SMILES string of the molecule is O=C(NC1CCC(NC(=O)C(=O)C2CCCC2)CC1)C(=O)C1CCCC1. The summed E-state index contributed by atoms with van der Waals surface area (Å²) in [6, 6.07) is -0.0157. The first kappa shape index (κ1) is 19.1. The molecule has 144 valence electrons. The smallest absolute Gasteiger partial charge is 0.287 e. The van der Waals surface area contributed by atoms with Gasteiger partial charge in [0.1, 0.15) is 0 Å². The van der Waals surface area contributed by atoms with Gasteiger partial charge in [0.2, 0.25) is 11.6 Å². The molecule has 0 aromatic rings. The van der Waals surface area contributed by atoms with Gasteiger partial charge in [0.05, 0.1) is 0 Å². The highest BCUT2D eigenvalue weighted by atomic mass is 16.2. The third-order valence-corrected chi connectivity index (χ3v) is 6.30.